The summed E-state index contributed by atoms with van der Waals surface area (Å²) in [6.45, 7) is 3.94. The van der Waals surface area contributed by atoms with Crippen LogP contribution in [0, 0.1) is 5.92 Å². The number of aromatic amines is 2. The first-order chi connectivity index (χ1) is 31.9. The molecule has 9 N–H and O–H groups in total. The number of para-hydroxylation sites is 2. The maximum absolute atomic E-state index is 14.8. The average molecular weight is 895 g/mol. The van der Waals surface area contributed by atoms with Gasteiger partial charge in [0.25, 0.3) is 0 Å². The van der Waals surface area contributed by atoms with E-state index in [0.717, 1.165) is 44.1 Å². The van der Waals surface area contributed by atoms with Crippen molar-refractivity contribution in [3.63, 3.8) is 0 Å². The molecule has 4 aromatic carbocycles. The number of carbonyl (C=O) groups is 6. The van der Waals surface area contributed by atoms with Crippen molar-refractivity contribution in [2.45, 2.75) is 95.0 Å². The van der Waals surface area contributed by atoms with Gasteiger partial charge in [-0.25, -0.2) is 4.79 Å². The number of fused-ring (bicyclic) bond motifs is 2. The van der Waals surface area contributed by atoms with Gasteiger partial charge >= 0.3 is 5.97 Å². The lowest BCUT2D eigenvalue weighted by atomic mass is 9.96. The minimum atomic E-state index is -1.24. The van der Waals surface area contributed by atoms with Gasteiger partial charge in [-0.2, -0.15) is 0 Å². The number of H-pyrrole nitrogens is 2. The molecule has 0 bridgehead atoms. The van der Waals surface area contributed by atoms with E-state index in [1.54, 1.807) is 30.5 Å². The summed E-state index contributed by atoms with van der Waals surface area (Å²) in [6.07, 6.45) is 5.27. The molecule has 66 heavy (non-hydrogen) atoms. The van der Waals surface area contributed by atoms with E-state index in [-0.39, 0.29) is 38.1 Å². The average Bonchev–Trinajstić information content (AvgIpc) is 4.09. The summed E-state index contributed by atoms with van der Waals surface area (Å²) >= 11 is 0. The van der Waals surface area contributed by atoms with Crippen LogP contribution in [0.25, 0.3) is 21.8 Å². The van der Waals surface area contributed by atoms with E-state index in [2.05, 4.69) is 31.2 Å². The fourth-order valence-electron chi connectivity index (χ4n) is 8.73. The summed E-state index contributed by atoms with van der Waals surface area (Å²) in [5.41, 5.74) is 11.3. The summed E-state index contributed by atoms with van der Waals surface area (Å²) in [4.78, 5) is 91.7. The van der Waals surface area contributed by atoms with Gasteiger partial charge in [0.1, 0.15) is 30.2 Å². The summed E-state index contributed by atoms with van der Waals surface area (Å²) in [6, 6.07) is 26.7. The Morgan fingerprint density at radius 3 is 1.76 bits per heavy atom. The highest BCUT2D eigenvalue weighted by atomic mass is 16.4. The highest BCUT2D eigenvalue weighted by molar-refractivity contribution is 5.97. The predicted molar refractivity (Wildman–Crippen MR) is 252 cm³/mol. The fraction of sp³-hybridized carbons (Fsp3) is 0.333. The first-order valence-corrected chi connectivity index (χ1v) is 22.6. The van der Waals surface area contributed by atoms with Crippen molar-refractivity contribution in [2.75, 3.05) is 6.54 Å². The van der Waals surface area contributed by atoms with Crippen LogP contribution in [-0.4, -0.2) is 98.3 Å². The third-order valence-electron chi connectivity index (χ3n) is 12.6. The molecule has 3 heterocycles. The van der Waals surface area contributed by atoms with E-state index in [1.807, 2.05) is 105 Å². The molecule has 344 valence electrons. The number of rotatable bonds is 20. The van der Waals surface area contributed by atoms with Crippen molar-refractivity contribution in [3.05, 3.63) is 144 Å². The SMILES string of the molecule is CC[C@H](C)[C@H](NC(=O)[C@@H](N)Cc1c[nH]c2ccccc12)C(=O)N[C@@H](Cc1ccccc1)C(=O)N[C@@H](Cc1c[nH]c2ccccc12)C(=O)N1CCC[C@H]1C(=O)N[C@@H](Cc1ccccc1)C(=O)O. The molecule has 1 aliphatic rings. The van der Waals surface area contributed by atoms with Gasteiger partial charge in [0.15, 0.2) is 0 Å². The van der Waals surface area contributed by atoms with Crippen LogP contribution >= 0.6 is 0 Å². The van der Waals surface area contributed by atoms with E-state index < -0.39 is 71.8 Å². The lowest BCUT2D eigenvalue weighted by Gasteiger charge is -2.31. The first kappa shape index (κ1) is 46.7. The Kier molecular flexibility index (Phi) is 15.3. The third-order valence-corrected chi connectivity index (χ3v) is 12.6. The minimum absolute atomic E-state index is 0.0387. The van der Waals surface area contributed by atoms with E-state index in [4.69, 9.17) is 5.73 Å². The molecule has 5 amide bonds. The summed E-state index contributed by atoms with van der Waals surface area (Å²) in [7, 11) is 0. The molecule has 0 aliphatic carbocycles. The Bertz CT molecular complexity index is 2650. The number of aliphatic carboxylic acids is 1. The molecule has 7 atom stereocenters. The molecular formula is C51H58N8O7. The van der Waals surface area contributed by atoms with Crippen molar-refractivity contribution in [2.24, 2.45) is 11.7 Å². The van der Waals surface area contributed by atoms with E-state index >= 15 is 0 Å². The smallest absolute Gasteiger partial charge is 0.326 e. The Labute approximate surface area is 383 Å². The Morgan fingerprint density at radius 1 is 0.652 bits per heavy atom. The third kappa shape index (κ3) is 11.3. The van der Waals surface area contributed by atoms with Gasteiger partial charge in [-0.3, -0.25) is 24.0 Å². The molecule has 15 heteroatoms. The first-order valence-electron chi connectivity index (χ1n) is 22.6. The van der Waals surface area contributed by atoms with Gasteiger partial charge in [-0.15, -0.1) is 0 Å². The zero-order valence-electron chi connectivity index (χ0n) is 37.2. The van der Waals surface area contributed by atoms with Gasteiger partial charge in [0.2, 0.25) is 29.5 Å². The molecule has 2 aromatic heterocycles. The van der Waals surface area contributed by atoms with Crippen molar-refractivity contribution in [1.29, 1.82) is 0 Å². The predicted octanol–water partition coefficient (Wildman–Crippen LogP) is 4.31. The highest BCUT2D eigenvalue weighted by Gasteiger charge is 2.40. The summed E-state index contributed by atoms with van der Waals surface area (Å²) in [5.74, 6) is -4.44. The van der Waals surface area contributed by atoms with Crippen molar-refractivity contribution < 1.29 is 33.9 Å². The lowest BCUT2D eigenvalue weighted by molar-refractivity contribution is -0.145. The van der Waals surface area contributed by atoms with Gasteiger partial charge in [0.05, 0.1) is 6.04 Å². The number of likely N-dealkylation sites (tertiary alicyclic amines) is 1. The second kappa shape index (κ2) is 21.6. The number of hydrogen-bond donors (Lipinski definition) is 8. The van der Waals surface area contributed by atoms with Crippen LogP contribution in [-0.2, 0) is 54.5 Å². The number of hydrogen-bond acceptors (Lipinski definition) is 7. The zero-order valence-corrected chi connectivity index (χ0v) is 37.2. The van der Waals surface area contributed by atoms with Crippen LogP contribution in [0.15, 0.2) is 122 Å². The Hall–Kier alpha value is -7.26. The molecular weight excluding hydrogens is 837 g/mol. The molecule has 6 aromatic rings. The van der Waals surface area contributed by atoms with Gasteiger partial charge < -0.3 is 47.0 Å². The quantitative estimate of drug-likeness (QED) is 0.0549. The molecule has 1 fully saturated rings. The van der Waals surface area contributed by atoms with Crippen molar-refractivity contribution in [1.82, 2.24) is 36.1 Å². The van der Waals surface area contributed by atoms with Crippen molar-refractivity contribution in [3.8, 4) is 0 Å². The van der Waals surface area contributed by atoms with Crippen LogP contribution in [0.3, 0.4) is 0 Å². The molecule has 0 spiro atoms. The van der Waals surface area contributed by atoms with Crippen LogP contribution in [0.2, 0.25) is 0 Å². The zero-order chi connectivity index (χ0) is 46.7. The molecule has 7 rings (SSSR count). The lowest BCUT2D eigenvalue weighted by Crippen LogP contribution is -2.60. The number of nitrogens with one attached hydrogen (secondary N) is 6. The largest absolute Gasteiger partial charge is 0.480 e. The van der Waals surface area contributed by atoms with E-state index in [9.17, 15) is 33.9 Å². The maximum atomic E-state index is 14.8. The number of carbonyl (C=O) groups excluding carboxylic acids is 5. The minimum Gasteiger partial charge on any atom is -0.480 e. The van der Waals surface area contributed by atoms with Crippen LogP contribution < -0.4 is 27.0 Å². The fourth-order valence-corrected chi connectivity index (χ4v) is 8.73. The topological polar surface area (TPSA) is 232 Å². The van der Waals surface area contributed by atoms with Crippen LogP contribution in [0.1, 0.15) is 55.4 Å². The molecule has 1 saturated heterocycles. The number of nitrogens with zero attached hydrogens (tertiary/aromatic N) is 1. The normalized spacial score (nSPS) is 16.4. The second-order valence-corrected chi connectivity index (χ2v) is 17.2. The number of carboxylic acid groups (broad SMARTS) is 1. The standard InChI is InChI=1S/C51H58N8O7/c1-3-31(2)45(58-46(60)38(52)27-34-29-53-39-21-12-10-19-36(34)39)49(63)55-41(25-32-15-6-4-7-16-32)47(61)56-42(28-35-30-54-40-22-13-11-20-37(35)40)50(64)59-24-14-23-44(59)48(62)57-43(51(65)66)26-33-17-8-5-9-18-33/h4-13,15-22,29-31,38,41-45,53-54H,3,14,23-28,52H2,1-2H3,(H,55,63)(H,56,61)(H,57,62)(H,58,60)(H,65,66)/t31-,38-,41-,42-,43-,44-,45-/m0/s1. The number of aromatic nitrogens is 2. The number of benzene rings is 4. The molecule has 0 radical (unpaired) electrons. The molecule has 0 unspecified atom stereocenters. The van der Waals surface area contributed by atoms with E-state index in [1.165, 1.54) is 4.90 Å². The highest BCUT2D eigenvalue weighted by Crippen LogP contribution is 2.24. The van der Waals surface area contributed by atoms with Gasteiger partial charge in [-0.1, -0.05) is 117 Å². The molecule has 0 saturated carbocycles. The van der Waals surface area contributed by atoms with Gasteiger partial charge in [-0.05, 0) is 59.6 Å². The van der Waals surface area contributed by atoms with E-state index in [0.29, 0.717) is 19.3 Å². The van der Waals surface area contributed by atoms with Crippen LogP contribution in [0.4, 0.5) is 0 Å². The second-order valence-electron chi connectivity index (χ2n) is 17.2. The Balaban J connectivity index is 1.12. The number of carboxylic acids is 1. The monoisotopic (exact) mass is 894 g/mol. The Morgan fingerprint density at radius 2 is 1.18 bits per heavy atom. The number of amides is 5. The molecule has 1 aliphatic heterocycles. The maximum Gasteiger partial charge on any atom is 0.326 e. The van der Waals surface area contributed by atoms with Gasteiger partial charge in [0, 0.05) is 60.0 Å². The van der Waals surface area contributed by atoms with Crippen molar-refractivity contribution >= 4 is 57.3 Å². The molecule has 15 nitrogen and oxygen atoms in total. The number of nitrogens with two attached hydrogens (primary N) is 1. The summed E-state index contributed by atoms with van der Waals surface area (Å²) in [5, 5.41) is 23.3. The van der Waals surface area contributed by atoms with Crippen LogP contribution in [0.5, 0.6) is 0 Å². The summed E-state index contributed by atoms with van der Waals surface area (Å²) < 4.78 is 0.